The molecule has 19 heavy (non-hydrogen) atoms. The third-order valence-electron chi connectivity index (χ3n) is 2.59. The summed E-state index contributed by atoms with van der Waals surface area (Å²) in [7, 11) is 1.68. The summed E-state index contributed by atoms with van der Waals surface area (Å²) in [6.45, 7) is 0. The Kier molecular flexibility index (Phi) is 4.02. The predicted octanol–water partition coefficient (Wildman–Crippen LogP) is 3.26. The summed E-state index contributed by atoms with van der Waals surface area (Å²) in [6.07, 6.45) is 0. The molecule has 0 atom stereocenters. The van der Waals surface area contributed by atoms with Gasteiger partial charge in [0, 0.05) is 12.1 Å². The molecule has 5 heteroatoms. The number of anilines is 1. The Bertz CT molecular complexity index is 589. The van der Waals surface area contributed by atoms with Gasteiger partial charge in [0.2, 0.25) is 0 Å². The number of para-hydroxylation sites is 1. The summed E-state index contributed by atoms with van der Waals surface area (Å²) in [6, 6.07) is 13.1. The van der Waals surface area contributed by atoms with E-state index in [1.54, 1.807) is 7.05 Å². The first-order valence-corrected chi connectivity index (χ1v) is 6.00. The van der Waals surface area contributed by atoms with Gasteiger partial charge in [0.05, 0.1) is 11.3 Å². The van der Waals surface area contributed by atoms with Crippen molar-refractivity contribution >= 4 is 23.2 Å². The van der Waals surface area contributed by atoms with Gasteiger partial charge < -0.3 is 0 Å². The fourth-order valence-corrected chi connectivity index (χ4v) is 1.77. The normalized spacial score (nSPS) is 10.1. The van der Waals surface area contributed by atoms with Gasteiger partial charge in [-0.3, -0.25) is 15.2 Å². The van der Waals surface area contributed by atoms with Crippen LogP contribution in [-0.2, 0) is 0 Å². The number of carbonyl (C=O) groups is 1. The molecule has 0 aliphatic heterocycles. The highest BCUT2D eigenvalue weighted by molar-refractivity contribution is 6.31. The Morgan fingerprint density at radius 2 is 1.89 bits per heavy atom. The van der Waals surface area contributed by atoms with E-state index < -0.39 is 11.7 Å². The van der Waals surface area contributed by atoms with E-state index in [-0.39, 0.29) is 5.56 Å². The van der Waals surface area contributed by atoms with Crippen molar-refractivity contribution in [1.82, 2.24) is 5.43 Å². The van der Waals surface area contributed by atoms with Crippen LogP contribution in [0.25, 0.3) is 0 Å². The highest BCUT2D eigenvalue weighted by Gasteiger charge is 2.14. The zero-order valence-corrected chi connectivity index (χ0v) is 11.0. The molecule has 0 heterocycles. The summed E-state index contributed by atoms with van der Waals surface area (Å²) >= 11 is 5.75. The van der Waals surface area contributed by atoms with Crippen LogP contribution in [0, 0.1) is 5.82 Å². The fraction of sp³-hybridized carbons (Fsp3) is 0.0714. The van der Waals surface area contributed by atoms with E-state index in [0.29, 0.717) is 5.02 Å². The van der Waals surface area contributed by atoms with Crippen LogP contribution in [0.5, 0.6) is 0 Å². The van der Waals surface area contributed by atoms with E-state index in [0.717, 1.165) is 5.69 Å². The molecule has 1 amide bonds. The van der Waals surface area contributed by atoms with Crippen molar-refractivity contribution in [3.05, 3.63) is 64.9 Å². The molecule has 0 unspecified atom stereocenters. The van der Waals surface area contributed by atoms with E-state index in [1.807, 2.05) is 30.3 Å². The maximum Gasteiger partial charge on any atom is 0.272 e. The highest BCUT2D eigenvalue weighted by atomic mass is 35.5. The molecule has 0 saturated carbocycles. The first kappa shape index (κ1) is 13.4. The molecular weight excluding hydrogens is 267 g/mol. The lowest BCUT2D eigenvalue weighted by Crippen LogP contribution is -2.39. The van der Waals surface area contributed by atoms with Gasteiger partial charge in [-0.2, -0.15) is 0 Å². The third-order valence-corrected chi connectivity index (χ3v) is 2.82. The number of benzene rings is 2. The molecule has 1 N–H and O–H groups in total. The van der Waals surface area contributed by atoms with Crippen LogP contribution >= 0.6 is 11.6 Å². The largest absolute Gasteiger partial charge is 0.288 e. The van der Waals surface area contributed by atoms with Crippen LogP contribution in [0.1, 0.15) is 10.4 Å². The Hall–Kier alpha value is -2.07. The number of hydrogen-bond acceptors (Lipinski definition) is 2. The highest BCUT2D eigenvalue weighted by Crippen LogP contribution is 2.15. The van der Waals surface area contributed by atoms with Crippen molar-refractivity contribution in [2.75, 3.05) is 12.1 Å². The molecule has 0 fully saturated rings. The smallest absolute Gasteiger partial charge is 0.272 e. The van der Waals surface area contributed by atoms with E-state index in [1.165, 1.54) is 23.2 Å². The van der Waals surface area contributed by atoms with Crippen molar-refractivity contribution in [3.63, 3.8) is 0 Å². The molecule has 0 aliphatic carbocycles. The molecule has 0 aromatic heterocycles. The van der Waals surface area contributed by atoms with Gasteiger partial charge in [0.15, 0.2) is 0 Å². The number of nitrogens with zero attached hydrogens (tertiary/aromatic N) is 1. The molecule has 2 rings (SSSR count). The van der Waals surface area contributed by atoms with Gasteiger partial charge in [0.25, 0.3) is 5.91 Å². The molecule has 0 saturated heterocycles. The minimum atomic E-state index is -0.608. The molecule has 0 aliphatic rings. The fourth-order valence-electron chi connectivity index (χ4n) is 1.60. The lowest BCUT2D eigenvalue weighted by molar-refractivity contribution is 0.0947. The number of rotatable bonds is 3. The SMILES string of the molecule is CN(NC(=O)c1cc(Cl)ccc1F)c1ccccc1. The second kappa shape index (κ2) is 5.71. The first-order chi connectivity index (χ1) is 9.08. The monoisotopic (exact) mass is 278 g/mol. The Balaban J connectivity index is 2.15. The number of hydrazine groups is 1. The Labute approximate surface area is 115 Å². The minimum Gasteiger partial charge on any atom is -0.288 e. The summed E-state index contributed by atoms with van der Waals surface area (Å²) in [4.78, 5) is 12.0. The molecular formula is C14H12ClFN2O. The van der Waals surface area contributed by atoms with Gasteiger partial charge >= 0.3 is 0 Å². The van der Waals surface area contributed by atoms with Crippen LogP contribution in [-0.4, -0.2) is 13.0 Å². The maximum atomic E-state index is 13.5. The Morgan fingerprint density at radius 1 is 1.21 bits per heavy atom. The average molecular weight is 279 g/mol. The zero-order chi connectivity index (χ0) is 13.8. The van der Waals surface area contributed by atoms with Crippen molar-refractivity contribution in [2.24, 2.45) is 0 Å². The second-order valence-corrected chi connectivity index (χ2v) is 4.40. The molecule has 0 radical (unpaired) electrons. The predicted molar refractivity (Wildman–Crippen MR) is 73.7 cm³/mol. The van der Waals surface area contributed by atoms with Crippen LogP contribution in [0.15, 0.2) is 48.5 Å². The van der Waals surface area contributed by atoms with Crippen LogP contribution in [0.4, 0.5) is 10.1 Å². The van der Waals surface area contributed by atoms with E-state index in [2.05, 4.69) is 5.43 Å². The maximum absolute atomic E-state index is 13.5. The molecule has 2 aromatic carbocycles. The van der Waals surface area contributed by atoms with Crippen molar-refractivity contribution in [1.29, 1.82) is 0 Å². The number of carbonyl (C=O) groups excluding carboxylic acids is 1. The van der Waals surface area contributed by atoms with Gasteiger partial charge in [-0.15, -0.1) is 0 Å². The lowest BCUT2D eigenvalue weighted by atomic mass is 10.2. The number of amides is 1. The zero-order valence-electron chi connectivity index (χ0n) is 10.2. The number of halogens is 2. The van der Waals surface area contributed by atoms with Gasteiger partial charge in [0.1, 0.15) is 5.82 Å². The van der Waals surface area contributed by atoms with Crippen LogP contribution < -0.4 is 10.4 Å². The van der Waals surface area contributed by atoms with E-state index in [9.17, 15) is 9.18 Å². The van der Waals surface area contributed by atoms with E-state index in [4.69, 9.17) is 11.6 Å². The Morgan fingerprint density at radius 3 is 2.58 bits per heavy atom. The number of nitrogens with one attached hydrogen (secondary N) is 1. The second-order valence-electron chi connectivity index (χ2n) is 3.96. The van der Waals surface area contributed by atoms with Crippen molar-refractivity contribution in [3.8, 4) is 0 Å². The first-order valence-electron chi connectivity index (χ1n) is 5.63. The van der Waals surface area contributed by atoms with Crippen LogP contribution in [0.3, 0.4) is 0 Å². The topological polar surface area (TPSA) is 32.3 Å². The van der Waals surface area contributed by atoms with Crippen molar-refractivity contribution in [2.45, 2.75) is 0 Å². The van der Waals surface area contributed by atoms with Crippen LogP contribution in [0.2, 0.25) is 5.02 Å². The van der Waals surface area contributed by atoms with Gasteiger partial charge in [-0.05, 0) is 30.3 Å². The average Bonchev–Trinajstić information content (AvgIpc) is 2.42. The van der Waals surface area contributed by atoms with E-state index >= 15 is 0 Å². The molecule has 3 nitrogen and oxygen atoms in total. The number of hydrogen-bond donors (Lipinski definition) is 1. The quantitative estimate of drug-likeness (QED) is 0.874. The lowest BCUT2D eigenvalue weighted by Gasteiger charge is -2.20. The summed E-state index contributed by atoms with van der Waals surface area (Å²) in [5, 5.41) is 1.83. The summed E-state index contributed by atoms with van der Waals surface area (Å²) in [5.74, 6) is -1.16. The molecule has 0 bridgehead atoms. The minimum absolute atomic E-state index is 0.0877. The summed E-state index contributed by atoms with van der Waals surface area (Å²) in [5.41, 5.74) is 3.28. The van der Waals surface area contributed by atoms with Crippen molar-refractivity contribution < 1.29 is 9.18 Å². The van der Waals surface area contributed by atoms with Gasteiger partial charge in [-0.25, -0.2) is 4.39 Å². The molecule has 2 aromatic rings. The standard InChI is InChI=1S/C14H12ClFN2O/c1-18(11-5-3-2-4-6-11)17-14(19)12-9-10(15)7-8-13(12)16/h2-9H,1H3,(H,17,19). The summed E-state index contributed by atoms with van der Waals surface area (Å²) < 4.78 is 13.5. The molecule has 0 spiro atoms. The molecule has 98 valence electrons. The van der Waals surface area contributed by atoms with Gasteiger partial charge in [-0.1, -0.05) is 29.8 Å². The third kappa shape index (κ3) is 3.23.